The molecule has 1 aliphatic rings. The number of ether oxygens (including phenoxy) is 1. The second-order valence-electron chi connectivity index (χ2n) is 4.41. The molecule has 6 heteroatoms. The molecule has 1 saturated carbocycles. The van der Waals surface area contributed by atoms with E-state index in [0.717, 1.165) is 19.0 Å². The average Bonchev–Trinajstić information content (AvgIpc) is 3.19. The number of nitrogens with one attached hydrogen (secondary N) is 1. The van der Waals surface area contributed by atoms with Gasteiger partial charge >= 0.3 is 6.01 Å². The van der Waals surface area contributed by atoms with Gasteiger partial charge in [-0.05, 0) is 32.6 Å². The maximum absolute atomic E-state index is 5.38. The van der Waals surface area contributed by atoms with Crippen molar-refractivity contribution in [3.8, 4) is 6.01 Å². The zero-order valence-electron chi connectivity index (χ0n) is 11.3. The minimum atomic E-state index is 0.390. The number of hydrogen-bond acceptors (Lipinski definition) is 6. The molecule has 1 aromatic heterocycles. The van der Waals surface area contributed by atoms with Crippen LogP contribution >= 0.6 is 0 Å². The van der Waals surface area contributed by atoms with Gasteiger partial charge in [0.05, 0.1) is 6.61 Å². The molecule has 0 spiro atoms. The van der Waals surface area contributed by atoms with Gasteiger partial charge in [-0.25, -0.2) is 0 Å². The molecule has 6 nitrogen and oxygen atoms in total. The predicted molar refractivity (Wildman–Crippen MR) is 71.2 cm³/mol. The van der Waals surface area contributed by atoms with Crippen LogP contribution in [0.5, 0.6) is 6.01 Å². The van der Waals surface area contributed by atoms with E-state index in [4.69, 9.17) is 4.74 Å². The Balaban J connectivity index is 2.19. The summed E-state index contributed by atoms with van der Waals surface area (Å²) in [6.45, 7) is 6.52. The molecule has 0 unspecified atom stereocenters. The van der Waals surface area contributed by atoms with Crippen molar-refractivity contribution >= 4 is 11.9 Å². The van der Waals surface area contributed by atoms with Gasteiger partial charge in [-0.3, -0.25) is 0 Å². The second-order valence-corrected chi connectivity index (χ2v) is 4.41. The second kappa shape index (κ2) is 5.84. The van der Waals surface area contributed by atoms with Crippen LogP contribution in [-0.4, -0.2) is 41.7 Å². The Labute approximate surface area is 108 Å². The van der Waals surface area contributed by atoms with Gasteiger partial charge in [-0.2, -0.15) is 15.0 Å². The van der Waals surface area contributed by atoms with Crippen LogP contribution in [-0.2, 0) is 0 Å². The molecule has 0 radical (unpaired) electrons. The molecule has 1 fully saturated rings. The quantitative estimate of drug-likeness (QED) is 0.793. The Hall–Kier alpha value is -1.59. The zero-order valence-corrected chi connectivity index (χ0v) is 11.3. The van der Waals surface area contributed by atoms with Crippen molar-refractivity contribution in [3.05, 3.63) is 0 Å². The lowest BCUT2D eigenvalue weighted by molar-refractivity contribution is 0.312. The van der Waals surface area contributed by atoms with E-state index in [0.29, 0.717) is 24.5 Å². The van der Waals surface area contributed by atoms with Gasteiger partial charge in [-0.1, -0.05) is 0 Å². The molecule has 1 heterocycles. The largest absolute Gasteiger partial charge is 0.464 e. The first-order valence-corrected chi connectivity index (χ1v) is 6.58. The Morgan fingerprint density at radius 3 is 2.61 bits per heavy atom. The molecule has 0 bridgehead atoms. The lowest BCUT2D eigenvalue weighted by atomic mass is 10.4. The third-order valence-electron chi connectivity index (χ3n) is 2.94. The molecule has 1 aliphatic carbocycles. The van der Waals surface area contributed by atoms with Crippen LogP contribution in [0.25, 0.3) is 0 Å². The van der Waals surface area contributed by atoms with E-state index in [9.17, 15) is 0 Å². The van der Waals surface area contributed by atoms with Gasteiger partial charge < -0.3 is 15.0 Å². The topological polar surface area (TPSA) is 63.2 Å². The maximum atomic E-state index is 5.38. The lowest BCUT2D eigenvalue weighted by Crippen LogP contribution is -2.27. The van der Waals surface area contributed by atoms with E-state index >= 15 is 0 Å². The summed E-state index contributed by atoms with van der Waals surface area (Å²) in [4.78, 5) is 15.1. The highest BCUT2D eigenvalue weighted by Gasteiger charge is 2.25. The summed E-state index contributed by atoms with van der Waals surface area (Å²) in [6.07, 6.45) is 2.64. The Morgan fingerprint density at radius 2 is 2.06 bits per heavy atom. The number of nitrogens with zero attached hydrogens (tertiary/aromatic N) is 4. The summed E-state index contributed by atoms with van der Waals surface area (Å²) in [5.74, 6) is 2.06. The molecule has 0 aromatic carbocycles. The number of hydrogen-bond donors (Lipinski definition) is 1. The summed E-state index contributed by atoms with van der Waals surface area (Å²) in [5, 5.41) is 2.95. The normalized spacial score (nSPS) is 14.4. The highest BCUT2D eigenvalue weighted by atomic mass is 16.5. The van der Waals surface area contributed by atoms with Crippen LogP contribution in [0.15, 0.2) is 0 Å². The van der Waals surface area contributed by atoms with Crippen molar-refractivity contribution < 1.29 is 4.74 Å². The van der Waals surface area contributed by atoms with E-state index in [1.54, 1.807) is 7.05 Å². The Kier molecular flexibility index (Phi) is 4.17. The van der Waals surface area contributed by atoms with Crippen LogP contribution in [0, 0.1) is 5.92 Å². The minimum absolute atomic E-state index is 0.390. The smallest absolute Gasteiger partial charge is 0.323 e. The standard InChI is InChI=1S/C12H21N5O/c1-4-17(8-9-6-7-9)11-14-10(13-3)15-12(16-11)18-5-2/h9H,4-8H2,1-3H3,(H,13,14,15,16). The monoisotopic (exact) mass is 251 g/mol. The van der Waals surface area contributed by atoms with Gasteiger partial charge in [0, 0.05) is 20.1 Å². The Morgan fingerprint density at radius 1 is 1.28 bits per heavy atom. The highest BCUT2D eigenvalue weighted by molar-refractivity contribution is 5.38. The van der Waals surface area contributed by atoms with Crippen LogP contribution in [0.2, 0.25) is 0 Å². The summed E-state index contributed by atoms with van der Waals surface area (Å²) < 4.78 is 5.38. The fraction of sp³-hybridized carbons (Fsp3) is 0.750. The molecule has 0 aliphatic heterocycles. The third kappa shape index (κ3) is 3.21. The predicted octanol–water partition coefficient (Wildman–Crippen LogP) is 1.55. The van der Waals surface area contributed by atoms with Crippen molar-refractivity contribution in [2.75, 3.05) is 37.0 Å². The zero-order chi connectivity index (χ0) is 13.0. The van der Waals surface area contributed by atoms with Crippen molar-refractivity contribution in [1.29, 1.82) is 0 Å². The fourth-order valence-electron chi connectivity index (χ4n) is 1.76. The number of anilines is 2. The first kappa shape index (κ1) is 12.9. The van der Waals surface area contributed by atoms with Crippen LogP contribution in [0.4, 0.5) is 11.9 Å². The van der Waals surface area contributed by atoms with Crippen LogP contribution < -0.4 is 15.0 Å². The van der Waals surface area contributed by atoms with E-state index < -0.39 is 0 Å². The van der Waals surface area contributed by atoms with Crippen molar-refractivity contribution in [2.45, 2.75) is 26.7 Å². The SMILES string of the molecule is CCOc1nc(NC)nc(N(CC)CC2CC2)n1. The first-order valence-electron chi connectivity index (χ1n) is 6.58. The first-order chi connectivity index (χ1) is 8.76. The van der Waals surface area contributed by atoms with Crippen molar-refractivity contribution in [3.63, 3.8) is 0 Å². The summed E-state index contributed by atoms with van der Waals surface area (Å²) in [6, 6.07) is 0.390. The van der Waals surface area contributed by atoms with E-state index in [2.05, 4.69) is 32.1 Å². The Bertz CT molecular complexity index is 394. The summed E-state index contributed by atoms with van der Waals surface area (Å²) >= 11 is 0. The van der Waals surface area contributed by atoms with Gasteiger partial charge in [0.15, 0.2) is 0 Å². The third-order valence-corrected chi connectivity index (χ3v) is 2.94. The van der Waals surface area contributed by atoms with Gasteiger partial charge in [0.1, 0.15) is 0 Å². The molecule has 0 atom stereocenters. The van der Waals surface area contributed by atoms with Gasteiger partial charge in [0.2, 0.25) is 11.9 Å². The molecule has 1 N–H and O–H groups in total. The highest BCUT2D eigenvalue weighted by Crippen LogP contribution is 2.30. The van der Waals surface area contributed by atoms with Crippen molar-refractivity contribution in [1.82, 2.24) is 15.0 Å². The van der Waals surface area contributed by atoms with E-state index in [1.165, 1.54) is 12.8 Å². The molecular weight excluding hydrogens is 230 g/mol. The molecule has 0 amide bonds. The summed E-state index contributed by atoms with van der Waals surface area (Å²) in [5.41, 5.74) is 0. The van der Waals surface area contributed by atoms with E-state index in [1.807, 2.05) is 6.92 Å². The van der Waals surface area contributed by atoms with E-state index in [-0.39, 0.29) is 0 Å². The molecule has 100 valence electrons. The van der Waals surface area contributed by atoms with Crippen LogP contribution in [0.3, 0.4) is 0 Å². The van der Waals surface area contributed by atoms with Gasteiger partial charge in [0.25, 0.3) is 0 Å². The number of rotatable bonds is 7. The molecule has 0 saturated heterocycles. The van der Waals surface area contributed by atoms with Crippen LogP contribution in [0.1, 0.15) is 26.7 Å². The van der Waals surface area contributed by atoms with Gasteiger partial charge in [-0.15, -0.1) is 0 Å². The number of aromatic nitrogens is 3. The molecular formula is C12H21N5O. The summed E-state index contributed by atoms with van der Waals surface area (Å²) in [7, 11) is 1.80. The molecule has 2 rings (SSSR count). The minimum Gasteiger partial charge on any atom is -0.464 e. The average molecular weight is 251 g/mol. The maximum Gasteiger partial charge on any atom is 0.323 e. The lowest BCUT2D eigenvalue weighted by Gasteiger charge is -2.21. The molecule has 18 heavy (non-hydrogen) atoms. The fourth-order valence-corrected chi connectivity index (χ4v) is 1.76. The molecule has 1 aromatic rings. The van der Waals surface area contributed by atoms with Crippen molar-refractivity contribution in [2.24, 2.45) is 5.92 Å².